The molecule has 1 saturated carbocycles. The number of amides is 1. The Labute approximate surface area is 228 Å². The van der Waals surface area contributed by atoms with Crippen molar-refractivity contribution < 1.29 is 32.5 Å². The zero-order chi connectivity index (χ0) is 27.1. The van der Waals surface area contributed by atoms with Crippen LogP contribution in [0.1, 0.15) is 30.7 Å². The van der Waals surface area contributed by atoms with Gasteiger partial charge in [-0.1, -0.05) is 23.7 Å². The van der Waals surface area contributed by atoms with E-state index < -0.39 is 16.3 Å². The van der Waals surface area contributed by atoms with E-state index in [-0.39, 0.29) is 48.8 Å². The number of carbonyl (C=O) groups excluding carboxylic acids is 1. The highest BCUT2D eigenvalue weighted by molar-refractivity contribution is 7.89. The minimum Gasteiger partial charge on any atom is -0.497 e. The van der Waals surface area contributed by atoms with E-state index >= 15 is 0 Å². The van der Waals surface area contributed by atoms with E-state index in [2.05, 4.69) is 5.32 Å². The Morgan fingerprint density at radius 2 is 1.84 bits per heavy atom. The Kier molecular flexibility index (Phi) is 9.67. The number of methoxy groups -OCH3 is 1. The van der Waals surface area contributed by atoms with Crippen LogP contribution in [0.15, 0.2) is 65.3 Å². The third-order valence-corrected chi connectivity index (χ3v) is 8.68. The van der Waals surface area contributed by atoms with Gasteiger partial charge in [0.05, 0.1) is 25.2 Å². The summed E-state index contributed by atoms with van der Waals surface area (Å²) in [6, 6.07) is 13.4. The standard InChI is InChI=1S/C27H33ClN2O7S/c1-35-23-8-10-24(11-9-23)38(33,34)30(12-14-31)13-15-36-26-17-21(20-4-6-22(28)7-5-20)16-25(37-26)27(32)29-18-19-2-3-19/h4-11,16,19,21,26,31H,2-3,12-15,17-18H2,1H3,(H,29,32)/t21-,26+/m0/s1. The van der Waals surface area contributed by atoms with Gasteiger partial charge in [-0.3, -0.25) is 4.79 Å². The van der Waals surface area contributed by atoms with Crippen molar-refractivity contribution in [1.82, 2.24) is 9.62 Å². The zero-order valence-corrected chi connectivity index (χ0v) is 22.8. The minimum atomic E-state index is -3.87. The molecule has 2 N–H and O–H groups in total. The van der Waals surface area contributed by atoms with Crippen LogP contribution in [0.5, 0.6) is 5.75 Å². The van der Waals surface area contributed by atoms with E-state index in [4.69, 9.17) is 25.8 Å². The number of halogens is 1. The predicted octanol–water partition coefficient (Wildman–Crippen LogP) is 3.29. The second-order valence-electron chi connectivity index (χ2n) is 9.30. The molecule has 0 spiro atoms. The molecule has 0 aromatic heterocycles. The number of carbonyl (C=O) groups is 1. The summed E-state index contributed by atoms with van der Waals surface area (Å²) in [5.74, 6) is 0.792. The highest BCUT2D eigenvalue weighted by Gasteiger charge is 2.31. The fourth-order valence-electron chi connectivity index (χ4n) is 4.15. The molecule has 1 heterocycles. The first-order valence-corrected chi connectivity index (χ1v) is 14.4. The van der Waals surface area contributed by atoms with Crippen LogP contribution in [0.25, 0.3) is 0 Å². The third kappa shape index (κ3) is 7.48. The summed E-state index contributed by atoms with van der Waals surface area (Å²) in [6.45, 7) is 0.168. The first-order valence-electron chi connectivity index (χ1n) is 12.6. The van der Waals surface area contributed by atoms with Gasteiger partial charge in [0.25, 0.3) is 5.91 Å². The van der Waals surface area contributed by atoms with E-state index in [0.717, 1.165) is 22.7 Å². The van der Waals surface area contributed by atoms with E-state index in [9.17, 15) is 18.3 Å². The molecule has 1 amide bonds. The monoisotopic (exact) mass is 564 g/mol. The molecule has 4 rings (SSSR count). The summed E-state index contributed by atoms with van der Waals surface area (Å²) in [5, 5.41) is 13.0. The molecular formula is C27H33ClN2O7S. The summed E-state index contributed by atoms with van der Waals surface area (Å²) < 4.78 is 44.4. The summed E-state index contributed by atoms with van der Waals surface area (Å²) in [7, 11) is -2.37. The van der Waals surface area contributed by atoms with Crippen molar-refractivity contribution in [3.05, 3.63) is 71.0 Å². The van der Waals surface area contributed by atoms with Gasteiger partial charge < -0.3 is 24.6 Å². The fraction of sp³-hybridized carbons (Fsp3) is 0.444. The maximum atomic E-state index is 13.2. The highest BCUT2D eigenvalue weighted by atomic mass is 35.5. The van der Waals surface area contributed by atoms with Gasteiger partial charge in [0.1, 0.15) is 5.75 Å². The van der Waals surface area contributed by atoms with Crippen LogP contribution in [0.2, 0.25) is 5.02 Å². The molecule has 9 nitrogen and oxygen atoms in total. The Hall–Kier alpha value is -2.63. The normalized spacial score (nSPS) is 19.5. The fourth-order valence-corrected chi connectivity index (χ4v) is 5.69. The molecule has 0 unspecified atom stereocenters. The van der Waals surface area contributed by atoms with Crippen LogP contribution in [-0.4, -0.2) is 70.0 Å². The van der Waals surface area contributed by atoms with Crippen LogP contribution in [0.3, 0.4) is 0 Å². The number of aliphatic hydroxyl groups is 1. The molecule has 0 radical (unpaired) electrons. The minimum absolute atomic E-state index is 0.00433. The predicted molar refractivity (Wildman–Crippen MR) is 142 cm³/mol. The van der Waals surface area contributed by atoms with E-state index in [1.807, 2.05) is 12.1 Å². The molecule has 1 aliphatic heterocycles. The molecule has 2 aromatic carbocycles. The lowest BCUT2D eigenvalue weighted by Crippen LogP contribution is -2.38. The molecule has 11 heteroatoms. The van der Waals surface area contributed by atoms with Crippen LogP contribution in [0, 0.1) is 5.92 Å². The van der Waals surface area contributed by atoms with Crippen molar-refractivity contribution in [2.75, 3.05) is 40.0 Å². The second-order valence-corrected chi connectivity index (χ2v) is 11.7. The zero-order valence-electron chi connectivity index (χ0n) is 21.2. The third-order valence-electron chi connectivity index (χ3n) is 6.52. The number of aliphatic hydroxyl groups excluding tert-OH is 1. The first-order chi connectivity index (χ1) is 18.3. The highest BCUT2D eigenvalue weighted by Crippen LogP contribution is 2.33. The lowest BCUT2D eigenvalue weighted by Gasteiger charge is -2.30. The van der Waals surface area contributed by atoms with Crippen molar-refractivity contribution in [2.24, 2.45) is 5.92 Å². The van der Waals surface area contributed by atoms with Crippen LogP contribution < -0.4 is 10.1 Å². The number of nitrogens with one attached hydrogen (secondary N) is 1. The number of allylic oxidation sites excluding steroid dienone is 1. The summed E-state index contributed by atoms with van der Waals surface area (Å²) in [6.07, 6.45) is 3.69. The average Bonchev–Trinajstić information content (AvgIpc) is 3.76. The largest absolute Gasteiger partial charge is 0.497 e. The number of sulfonamides is 1. The van der Waals surface area contributed by atoms with Crippen molar-refractivity contribution in [2.45, 2.75) is 36.4 Å². The van der Waals surface area contributed by atoms with Crippen molar-refractivity contribution in [3.8, 4) is 5.75 Å². The number of benzene rings is 2. The van der Waals surface area contributed by atoms with Gasteiger partial charge in [0.2, 0.25) is 16.3 Å². The smallest absolute Gasteiger partial charge is 0.286 e. The Morgan fingerprint density at radius 1 is 1.13 bits per heavy atom. The van der Waals surface area contributed by atoms with Crippen LogP contribution in [0.4, 0.5) is 0 Å². The van der Waals surface area contributed by atoms with Gasteiger partial charge in [-0.15, -0.1) is 0 Å². The molecule has 1 aliphatic carbocycles. The number of ether oxygens (including phenoxy) is 3. The Morgan fingerprint density at radius 3 is 2.47 bits per heavy atom. The SMILES string of the molecule is COc1ccc(S(=O)(=O)N(CCO)CCO[C@H]2C[C@@H](c3ccc(Cl)cc3)C=C(C(=O)NCC3CC3)O2)cc1. The molecule has 2 atom stereocenters. The second kappa shape index (κ2) is 12.9. The van der Waals surface area contributed by atoms with Gasteiger partial charge >= 0.3 is 0 Å². The van der Waals surface area contributed by atoms with Gasteiger partial charge in [0, 0.05) is 37.0 Å². The molecule has 38 heavy (non-hydrogen) atoms. The van der Waals surface area contributed by atoms with Crippen molar-refractivity contribution >= 4 is 27.5 Å². The quantitative estimate of drug-likeness (QED) is 0.384. The maximum absolute atomic E-state index is 13.2. The lowest BCUT2D eigenvalue weighted by molar-refractivity contribution is -0.146. The Balaban J connectivity index is 1.42. The number of hydrogen-bond donors (Lipinski definition) is 2. The van der Waals surface area contributed by atoms with Crippen LogP contribution >= 0.6 is 11.6 Å². The lowest BCUT2D eigenvalue weighted by atomic mass is 9.93. The molecule has 1 fully saturated rings. The summed E-state index contributed by atoms with van der Waals surface area (Å²) in [4.78, 5) is 12.9. The van der Waals surface area contributed by atoms with E-state index in [1.165, 1.54) is 19.2 Å². The number of nitrogens with zero attached hydrogens (tertiary/aromatic N) is 1. The summed E-state index contributed by atoms with van der Waals surface area (Å²) >= 11 is 6.05. The molecular weight excluding hydrogens is 532 g/mol. The van der Waals surface area contributed by atoms with Gasteiger partial charge in [0.15, 0.2) is 5.76 Å². The average molecular weight is 565 g/mol. The first kappa shape index (κ1) is 28.4. The molecule has 206 valence electrons. The Bertz CT molecular complexity index is 1210. The molecule has 0 saturated heterocycles. The number of hydrogen-bond acceptors (Lipinski definition) is 7. The number of rotatable bonds is 13. The topological polar surface area (TPSA) is 114 Å². The maximum Gasteiger partial charge on any atom is 0.286 e. The van der Waals surface area contributed by atoms with Gasteiger partial charge in [-0.05, 0) is 66.8 Å². The molecule has 0 bridgehead atoms. The molecule has 2 aromatic rings. The van der Waals surface area contributed by atoms with E-state index in [1.54, 1.807) is 30.3 Å². The van der Waals surface area contributed by atoms with E-state index in [0.29, 0.717) is 29.7 Å². The van der Waals surface area contributed by atoms with Crippen molar-refractivity contribution in [3.63, 3.8) is 0 Å². The van der Waals surface area contributed by atoms with Crippen LogP contribution in [-0.2, 0) is 24.3 Å². The van der Waals surface area contributed by atoms with Gasteiger partial charge in [-0.25, -0.2) is 8.42 Å². The van der Waals surface area contributed by atoms with Crippen molar-refractivity contribution in [1.29, 1.82) is 0 Å². The molecule has 2 aliphatic rings. The van der Waals surface area contributed by atoms with Gasteiger partial charge in [-0.2, -0.15) is 4.31 Å². The summed E-state index contributed by atoms with van der Waals surface area (Å²) in [5.41, 5.74) is 0.961.